The maximum Gasteiger partial charge on any atom is 0.0863 e. The molecule has 0 spiro atoms. The Balaban J connectivity index is 2.22. The van der Waals surface area contributed by atoms with Crippen LogP contribution in [0.2, 0.25) is 0 Å². The Morgan fingerprint density at radius 3 is 2.75 bits per heavy atom. The van der Waals surface area contributed by atoms with Crippen molar-refractivity contribution >= 4 is 6.21 Å². The Morgan fingerprint density at radius 2 is 2.17 bits per heavy atom. The van der Waals surface area contributed by atoms with Crippen molar-refractivity contribution in [2.24, 2.45) is 5.10 Å². The molecule has 12 heavy (non-hydrogen) atoms. The molecule has 1 aliphatic rings. The molecule has 2 heteroatoms. The minimum Gasteiger partial charge on any atom is -0.292 e. The molecule has 0 aromatic heterocycles. The molecule has 1 aromatic carbocycles. The van der Waals surface area contributed by atoms with Gasteiger partial charge in [-0.05, 0) is 5.56 Å². The zero-order chi connectivity index (χ0) is 8.39. The van der Waals surface area contributed by atoms with Crippen molar-refractivity contribution in [3.63, 3.8) is 0 Å². The molecule has 0 saturated carbocycles. The highest BCUT2D eigenvalue weighted by Crippen LogP contribution is 2.25. The standard InChI is InChI=1S/C10H11N2/c1-12-10(7-8-11-12)9-5-3-2-4-6-9/h2-6,10H,7H2,1H3. The van der Waals surface area contributed by atoms with E-state index in [1.807, 2.05) is 18.1 Å². The van der Waals surface area contributed by atoms with Crippen molar-refractivity contribution in [1.29, 1.82) is 0 Å². The average Bonchev–Trinajstić information content (AvgIpc) is 2.53. The Morgan fingerprint density at radius 1 is 1.42 bits per heavy atom. The smallest absolute Gasteiger partial charge is 0.0863 e. The van der Waals surface area contributed by atoms with Gasteiger partial charge in [0.2, 0.25) is 0 Å². The van der Waals surface area contributed by atoms with Gasteiger partial charge in [-0.3, -0.25) is 5.01 Å². The number of hydrogen-bond donors (Lipinski definition) is 0. The third-order valence-corrected chi connectivity index (χ3v) is 2.15. The first-order valence-corrected chi connectivity index (χ1v) is 4.09. The van der Waals surface area contributed by atoms with E-state index in [0.717, 1.165) is 6.42 Å². The van der Waals surface area contributed by atoms with E-state index in [2.05, 4.69) is 35.6 Å². The summed E-state index contributed by atoms with van der Waals surface area (Å²) < 4.78 is 0. The largest absolute Gasteiger partial charge is 0.292 e. The van der Waals surface area contributed by atoms with Crippen LogP contribution in [0.3, 0.4) is 0 Å². The zero-order valence-electron chi connectivity index (χ0n) is 7.07. The minimum atomic E-state index is 0.395. The molecule has 0 bridgehead atoms. The van der Waals surface area contributed by atoms with Crippen LogP contribution in [0.25, 0.3) is 0 Å². The highest BCUT2D eigenvalue weighted by Gasteiger charge is 2.18. The van der Waals surface area contributed by atoms with E-state index < -0.39 is 0 Å². The monoisotopic (exact) mass is 159 g/mol. The lowest BCUT2D eigenvalue weighted by molar-refractivity contribution is 0.290. The maximum absolute atomic E-state index is 4.08. The summed E-state index contributed by atoms with van der Waals surface area (Å²) in [5.41, 5.74) is 1.31. The van der Waals surface area contributed by atoms with E-state index in [1.165, 1.54) is 5.56 Å². The van der Waals surface area contributed by atoms with Gasteiger partial charge in [-0.1, -0.05) is 30.3 Å². The third-order valence-electron chi connectivity index (χ3n) is 2.15. The number of nitrogens with zero attached hydrogens (tertiary/aromatic N) is 2. The van der Waals surface area contributed by atoms with E-state index >= 15 is 0 Å². The fourth-order valence-electron chi connectivity index (χ4n) is 1.45. The number of hydrogen-bond acceptors (Lipinski definition) is 2. The molecular formula is C10H11N2. The van der Waals surface area contributed by atoms with Gasteiger partial charge in [-0.15, -0.1) is 0 Å². The Labute approximate surface area is 72.5 Å². The van der Waals surface area contributed by atoms with Gasteiger partial charge in [-0.25, -0.2) is 0 Å². The van der Waals surface area contributed by atoms with Gasteiger partial charge in [0, 0.05) is 13.5 Å². The van der Waals surface area contributed by atoms with Crippen LogP contribution in [0, 0.1) is 0 Å². The predicted molar refractivity (Wildman–Crippen MR) is 49.0 cm³/mol. The molecular weight excluding hydrogens is 148 g/mol. The summed E-state index contributed by atoms with van der Waals surface area (Å²) in [5, 5.41) is 6.03. The fourth-order valence-corrected chi connectivity index (χ4v) is 1.45. The third kappa shape index (κ3) is 1.20. The van der Waals surface area contributed by atoms with E-state index in [1.54, 1.807) is 0 Å². The molecule has 1 aliphatic heterocycles. The molecule has 1 atom stereocenters. The summed E-state index contributed by atoms with van der Waals surface area (Å²) in [7, 11) is 1.98. The van der Waals surface area contributed by atoms with Gasteiger partial charge in [-0.2, -0.15) is 5.10 Å². The number of rotatable bonds is 1. The van der Waals surface area contributed by atoms with Gasteiger partial charge in [0.25, 0.3) is 0 Å². The lowest BCUT2D eigenvalue weighted by Gasteiger charge is -2.18. The van der Waals surface area contributed by atoms with E-state index in [-0.39, 0.29) is 0 Å². The highest BCUT2D eigenvalue weighted by molar-refractivity contribution is 5.60. The summed E-state index contributed by atoms with van der Waals surface area (Å²) in [5.74, 6) is 0. The quantitative estimate of drug-likeness (QED) is 0.611. The van der Waals surface area contributed by atoms with Crippen LogP contribution in [0.4, 0.5) is 0 Å². The summed E-state index contributed by atoms with van der Waals surface area (Å²) in [6.07, 6.45) is 3.87. The molecule has 1 unspecified atom stereocenters. The summed E-state index contributed by atoms with van der Waals surface area (Å²) in [6.45, 7) is 0. The number of hydrazone groups is 1. The first-order chi connectivity index (χ1) is 5.88. The van der Waals surface area contributed by atoms with Crippen molar-refractivity contribution in [3.8, 4) is 0 Å². The van der Waals surface area contributed by atoms with Crippen molar-refractivity contribution < 1.29 is 0 Å². The molecule has 0 fully saturated rings. The lowest BCUT2D eigenvalue weighted by Crippen LogP contribution is -2.13. The summed E-state index contributed by atoms with van der Waals surface area (Å²) in [6, 6.07) is 10.8. The Hall–Kier alpha value is -1.31. The van der Waals surface area contributed by atoms with Crippen molar-refractivity contribution in [3.05, 3.63) is 35.9 Å². The fraction of sp³-hybridized carbons (Fsp3) is 0.300. The van der Waals surface area contributed by atoms with Gasteiger partial charge < -0.3 is 0 Å². The second-order valence-electron chi connectivity index (χ2n) is 2.96. The van der Waals surface area contributed by atoms with Crippen molar-refractivity contribution in [2.75, 3.05) is 7.05 Å². The second kappa shape index (κ2) is 2.97. The van der Waals surface area contributed by atoms with Gasteiger partial charge in [0.05, 0.1) is 12.3 Å². The van der Waals surface area contributed by atoms with Crippen LogP contribution in [-0.2, 0) is 0 Å². The van der Waals surface area contributed by atoms with E-state index in [0.29, 0.717) is 6.04 Å². The minimum absolute atomic E-state index is 0.395. The van der Waals surface area contributed by atoms with Gasteiger partial charge in [0.1, 0.15) is 0 Å². The Kier molecular flexibility index (Phi) is 1.82. The second-order valence-corrected chi connectivity index (χ2v) is 2.96. The maximum atomic E-state index is 4.08. The topological polar surface area (TPSA) is 15.6 Å². The van der Waals surface area contributed by atoms with E-state index in [9.17, 15) is 0 Å². The molecule has 1 aromatic rings. The number of benzene rings is 1. The Bertz CT molecular complexity index is 279. The molecule has 0 amide bonds. The average molecular weight is 159 g/mol. The summed E-state index contributed by atoms with van der Waals surface area (Å²) >= 11 is 0. The normalized spacial score (nSPS) is 21.8. The molecule has 0 N–H and O–H groups in total. The van der Waals surface area contributed by atoms with Crippen molar-refractivity contribution in [1.82, 2.24) is 5.01 Å². The van der Waals surface area contributed by atoms with Crippen LogP contribution in [0.1, 0.15) is 18.0 Å². The molecule has 1 heterocycles. The van der Waals surface area contributed by atoms with Crippen LogP contribution in [-0.4, -0.2) is 18.3 Å². The summed E-state index contributed by atoms with van der Waals surface area (Å²) in [4.78, 5) is 0. The lowest BCUT2D eigenvalue weighted by atomic mass is 10.1. The van der Waals surface area contributed by atoms with Crippen LogP contribution < -0.4 is 0 Å². The molecule has 0 saturated heterocycles. The molecule has 1 radical (unpaired) electrons. The highest BCUT2D eigenvalue weighted by atomic mass is 15.5. The molecule has 0 aliphatic carbocycles. The van der Waals surface area contributed by atoms with Crippen LogP contribution in [0.5, 0.6) is 0 Å². The zero-order valence-corrected chi connectivity index (χ0v) is 7.07. The molecule has 2 nitrogen and oxygen atoms in total. The SMILES string of the molecule is CN1N=[C]CC1c1ccccc1. The van der Waals surface area contributed by atoms with Gasteiger partial charge >= 0.3 is 0 Å². The predicted octanol–water partition coefficient (Wildman–Crippen LogP) is 1.93. The first kappa shape index (κ1) is 7.35. The van der Waals surface area contributed by atoms with Crippen LogP contribution in [0.15, 0.2) is 35.4 Å². The molecule has 61 valence electrons. The first-order valence-electron chi connectivity index (χ1n) is 4.09. The van der Waals surface area contributed by atoms with Gasteiger partial charge in [0.15, 0.2) is 0 Å². The molecule has 2 rings (SSSR count). The van der Waals surface area contributed by atoms with E-state index in [4.69, 9.17) is 0 Å². The van der Waals surface area contributed by atoms with Crippen molar-refractivity contribution in [2.45, 2.75) is 12.5 Å². The van der Waals surface area contributed by atoms with Crippen LogP contribution >= 0.6 is 0 Å².